The van der Waals surface area contributed by atoms with Gasteiger partial charge in [0.1, 0.15) is 0 Å². The average Bonchev–Trinajstić information content (AvgIpc) is 2.37. The average molecular weight is 391 g/mol. The van der Waals surface area contributed by atoms with E-state index < -0.39 is 0 Å². The van der Waals surface area contributed by atoms with E-state index >= 15 is 0 Å². The minimum Gasteiger partial charge on any atom is -0.348 e. The van der Waals surface area contributed by atoms with Gasteiger partial charge in [-0.05, 0) is 38.5 Å². The van der Waals surface area contributed by atoms with Gasteiger partial charge in [-0.15, -0.1) is 12.4 Å². The van der Waals surface area contributed by atoms with Crippen molar-refractivity contribution in [2.45, 2.75) is 38.9 Å². The minimum absolute atomic E-state index is 0. The molecule has 1 amide bonds. The normalized spacial score (nSPS) is 23.5. The van der Waals surface area contributed by atoms with E-state index in [1.807, 2.05) is 31.2 Å². The molecule has 0 bridgehead atoms. The zero-order chi connectivity index (χ0) is 15.4. The summed E-state index contributed by atoms with van der Waals surface area (Å²) in [6.07, 6.45) is 0. The summed E-state index contributed by atoms with van der Waals surface area (Å²) in [7, 11) is 0. The molecule has 0 spiro atoms. The van der Waals surface area contributed by atoms with E-state index in [1.54, 1.807) is 0 Å². The van der Waals surface area contributed by atoms with Crippen LogP contribution in [0.4, 0.5) is 0 Å². The molecule has 0 radical (unpaired) electrons. The summed E-state index contributed by atoms with van der Waals surface area (Å²) in [5, 5.41) is 6.55. The van der Waals surface area contributed by atoms with Gasteiger partial charge in [-0.25, -0.2) is 0 Å². The Kier molecular flexibility index (Phi) is 7.83. The van der Waals surface area contributed by atoms with Crippen LogP contribution in [-0.4, -0.2) is 42.5 Å². The van der Waals surface area contributed by atoms with E-state index in [-0.39, 0.29) is 24.4 Å². The molecular formula is C16H25BrClN3O. The third-order valence-corrected chi connectivity index (χ3v) is 4.28. The number of hydrogen-bond acceptors (Lipinski definition) is 3. The fraction of sp³-hybridized carbons (Fsp3) is 0.562. The number of amides is 1. The molecule has 1 aromatic rings. The molecule has 1 aromatic carbocycles. The lowest BCUT2D eigenvalue weighted by Gasteiger charge is -2.35. The Morgan fingerprint density at radius 3 is 2.41 bits per heavy atom. The number of benzene rings is 1. The summed E-state index contributed by atoms with van der Waals surface area (Å²) < 4.78 is 1.05. The van der Waals surface area contributed by atoms with Gasteiger partial charge in [-0.3, -0.25) is 9.69 Å². The molecule has 1 aliphatic rings. The number of piperazine rings is 1. The van der Waals surface area contributed by atoms with Gasteiger partial charge in [0, 0.05) is 29.6 Å². The fourth-order valence-corrected chi connectivity index (χ4v) is 3.16. The highest BCUT2D eigenvalue weighted by molar-refractivity contribution is 9.10. The SMILES string of the molecule is CC1CN(CC(=O)NC(C)c2ccc(Br)cc2)CC(C)N1.Cl. The Bertz CT molecular complexity index is 473. The Hall–Kier alpha value is -0.620. The summed E-state index contributed by atoms with van der Waals surface area (Å²) in [5.74, 6) is 0.0896. The second kappa shape index (κ2) is 8.87. The van der Waals surface area contributed by atoms with Gasteiger partial charge in [0.05, 0.1) is 12.6 Å². The summed E-state index contributed by atoms with van der Waals surface area (Å²) in [6.45, 7) is 8.65. The number of nitrogens with one attached hydrogen (secondary N) is 2. The van der Waals surface area contributed by atoms with Crippen molar-refractivity contribution in [3.05, 3.63) is 34.3 Å². The largest absolute Gasteiger partial charge is 0.348 e. The molecule has 0 aliphatic carbocycles. The predicted octanol–water partition coefficient (Wildman–Crippen LogP) is 2.73. The highest BCUT2D eigenvalue weighted by Crippen LogP contribution is 2.16. The van der Waals surface area contributed by atoms with Crippen LogP contribution in [0.15, 0.2) is 28.7 Å². The molecule has 4 nitrogen and oxygen atoms in total. The topological polar surface area (TPSA) is 44.4 Å². The maximum atomic E-state index is 12.2. The maximum absolute atomic E-state index is 12.2. The molecule has 0 aromatic heterocycles. The zero-order valence-electron chi connectivity index (χ0n) is 13.3. The second-order valence-electron chi connectivity index (χ2n) is 6.00. The van der Waals surface area contributed by atoms with E-state index in [4.69, 9.17) is 0 Å². The van der Waals surface area contributed by atoms with Crippen LogP contribution < -0.4 is 10.6 Å². The lowest BCUT2D eigenvalue weighted by Crippen LogP contribution is -2.56. The monoisotopic (exact) mass is 389 g/mol. The predicted molar refractivity (Wildman–Crippen MR) is 96.4 cm³/mol. The molecule has 3 unspecified atom stereocenters. The number of carbonyl (C=O) groups is 1. The third-order valence-electron chi connectivity index (χ3n) is 3.75. The Labute approximate surface area is 147 Å². The molecule has 1 saturated heterocycles. The summed E-state index contributed by atoms with van der Waals surface area (Å²) in [5.41, 5.74) is 1.12. The Morgan fingerprint density at radius 1 is 1.32 bits per heavy atom. The Balaban J connectivity index is 0.00000242. The van der Waals surface area contributed by atoms with Crippen molar-refractivity contribution < 1.29 is 4.79 Å². The standard InChI is InChI=1S/C16H24BrN3O.ClH/c1-11-8-20(9-12(2)18-11)10-16(21)19-13(3)14-4-6-15(17)7-5-14;/h4-7,11-13,18H,8-10H2,1-3H3,(H,19,21);1H. The minimum atomic E-state index is 0. The van der Waals surface area contributed by atoms with Gasteiger partial charge in [-0.2, -0.15) is 0 Å². The number of hydrogen-bond donors (Lipinski definition) is 2. The second-order valence-corrected chi connectivity index (χ2v) is 6.92. The first kappa shape index (κ1) is 19.4. The zero-order valence-corrected chi connectivity index (χ0v) is 15.7. The van der Waals surface area contributed by atoms with E-state index in [0.717, 1.165) is 23.1 Å². The van der Waals surface area contributed by atoms with E-state index in [0.29, 0.717) is 18.6 Å². The Morgan fingerprint density at radius 2 is 1.86 bits per heavy atom. The molecule has 3 atom stereocenters. The quantitative estimate of drug-likeness (QED) is 0.831. The molecule has 2 N–H and O–H groups in total. The summed E-state index contributed by atoms with van der Waals surface area (Å²) >= 11 is 3.42. The van der Waals surface area contributed by atoms with Crippen molar-refractivity contribution in [3.8, 4) is 0 Å². The van der Waals surface area contributed by atoms with Crippen molar-refractivity contribution in [2.75, 3.05) is 19.6 Å². The van der Waals surface area contributed by atoms with Gasteiger partial charge < -0.3 is 10.6 Å². The summed E-state index contributed by atoms with van der Waals surface area (Å²) in [6, 6.07) is 8.96. The van der Waals surface area contributed by atoms with Crippen molar-refractivity contribution in [1.29, 1.82) is 0 Å². The molecule has 1 fully saturated rings. The lowest BCUT2D eigenvalue weighted by atomic mass is 10.1. The van der Waals surface area contributed by atoms with Crippen LogP contribution in [0.25, 0.3) is 0 Å². The molecule has 1 heterocycles. The van der Waals surface area contributed by atoms with Crippen molar-refractivity contribution in [2.24, 2.45) is 0 Å². The van der Waals surface area contributed by atoms with Crippen molar-refractivity contribution in [3.63, 3.8) is 0 Å². The number of halogens is 2. The van der Waals surface area contributed by atoms with E-state index in [9.17, 15) is 4.79 Å². The van der Waals surface area contributed by atoms with Gasteiger partial charge >= 0.3 is 0 Å². The van der Waals surface area contributed by atoms with Gasteiger partial charge in [0.15, 0.2) is 0 Å². The summed E-state index contributed by atoms with van der Waals surface area (Å²) in [4.78, 5) is 14.4. The first-order valence-corrected chi connectivity index (χ1v) is 8.26. The van der Waals surface area contributed by atoms with Crippen LogP contribution in [0.1, 0.15) is 32.4 Å². The van der Waals surface area contributed by atoms with Crippen LogP contribution in [0.3, 0.4) is 0 Å². The molecule has 2 rings (SSSR count). The lowest BCUT2D eigenvalue weighted by molar-refractivity contribution is -0.123. The number of nitrogens with zero attached hydrogens (tertiary/aromatic N) is 1. The third kappa shape index (κ3) is 5.88. The van der Waals surface area contributed by atoms with Crippen LogP contribution in [0.2, 0.25) is 0 Å². The van der Waals surface area contributed by atoms with Crippen molar-refractivity contribution >= 4 is 34.2 Å². The van der Waals surface area contributed by atoms with Crippen LogP contribution >= 0.6 is 28.3 Å². The number of rotatable bonds is 4. The molecule has 6 heteroatoms. The molecule has 0 saturated carbocycles. The first-order valence-electron chi connectivity index (χ1n) is 7.47. The maximum Gasteiger partial charge on any atom is 0.234 e. The highest BCUT2D eigenvalue weighted by Gasteiger charge is 2.22. The molecule has 22 heavy (non-hydrogen) atoms. The van der Waals surface area contributed by atoms with Crippen LogP contribution in [-0.2, 0) is 4.79 Å². The first-order chi connectivity index (χ1) is 9.94. The van der Waals surface area contributed by atoms with Gasteiger partial charge in [0.25, 0.3) is 0 Å². The number of carbonyl (C=O) groups excluding carboxylic acids is 1. The smallest absolute Gasteiger partial charge is 0.234 e. The van der Waals surface area contributed by atoms with Gasteiger partial charge in [0.2, 0.25) is 5.91 Å². The molecular weight excluding hydrogens is 366 g/mol. The molecule has 124 valence electrons. The van der Waals surface area contributed by atoms with Crippen LogP contribution in [0, 0.1) is 0 Å². The molecule has 1 aliphatic heterocycles. The van der Waals surface area contributed by atoms with E-state index in [2.05, 4.69) is 45.3 Å². The van der Waals surface area contributed by atoms with Crippen molar-refractivity contribution in [1.82, 2.24) is 15.5 Å². The van der Waals surface area contributed by atoms with E-state index in [1.165, 1.54) is 0 Å². The van der Waals surface area contributed by atoms with Gasteiger partial charge in [-0.1, -0.05) is 28.1 Å². The van der Waals surface area contributed by atoms with Crippen LogP contribution in [0.5, 0.6) is 0 Å². The fourth-order valence-electron chi connectivity index (χ4n) is 2.89. The highest BCUT2D eigenvalue weighted by atomic mass is 79.9.